The third kappa shape index (κ3) is 9.44. The average molecular weight is 853 g/mol. The monoisotopic (exact) mass is 852 g/mol. The first-order valence-corrected chi connectivity index (χ1v) is 23.0. The van der Waals surface area contributed by atoms with E-state index in [4.69, 9.17) is 15.2 Å². The van der Waals surface area contributed by atoms with Gasteiger partial charge in [-0.25, -0.2) is 0 Å². The Balaban J connectivity index is 0.000000171. The zero-order chi connectivity index (χ0) is 43.5. The number of pyridine rings is 2. The molecule has 0 unspecified atom stereocenters. The Morgan fingerprint density at radius 3 is 1.84 bits per heavy atom. The molecule has 334 valence electrons. The average Bonchev–Trinajstić information content (AvgIpc) is 4.11. The van der Waals surface area contributed by atoms with E-state index in [9.17, 15) is 29.4 Å². The number of fused-ring (bicyclic) bond motifs is 2. The topological polar surface area (TPSA) is 182 Å². The van der Waals surface area contributed by atoms with Gasteiger partial charge in [-0.1, -0.05) is 24.3 Å². The van der Waals surface area contributed by atoms with Gasteiger partial charge in [0.1, 0.15) is 22.6 Å². The lowest BCUT2D eigenvalue weighted by molar-refractivity contribution is 0.0477. The molecular weight excluding hydrogens is 789 g/mol. The molecular formula is C48H64N6O8. The molecule has 2 aromatic heterocycles. The van der Waals surface area contributed by atoms with Crippen molar-refractivity contribution in [2.75, 3.05) is 65.7 Å². The second-order valence-corrected chi connectivity index (χ2v) is 18.5. The Morgan fingerprint density at radius 1 is 0.710 bits per heavy atom. The van der Waals surface area contributed by atoms with Crippen LogP contribution in [0.2, 0.25) is 0 Å². The SMILES string of the molecule is CC(C)n1c(=O)c(C(=O)NC2CCN(CC3CCOCC3)CC2)c(O)c2ccccc21.NC(=O)c1c(O)c2c(C3CCN(CC4CCOCC4)CC3)cccc2n(C2CC2)c1=O. The minimum Gasteiger partial charge on any atom is -0.506 e. The number of aromatic nitrogens is 2. The Kier molecular flexibility index (Phi) is 13.7. The molecule has 14 heteroatoms. The summed E-state index contributed by atoms with van der Waals surface area (Å²) in [6.45, 7) is 13.4. The molecule has 9 rings (SSSR count). The molecule has 14 nitrogen and oxygen atoms in total. The van der Waals surface area contributed by atoms with Crippen molar-refractivity contribution in [2.45, 2.75) is 102 Å². The predicted octanol–water partition coefficient (Wildman–Crippen LogP) is 5.66. The number of nitrogens with one attached hydrogen (secondary N) is 1. The summed E-state index contributed by atoms with van der Waals surface area (Å²) in [7, 11) is 0. The summed E-state index contributed by atoms with van der Waals surface area (Å²) in [6.07, 6.45) is 10.0. The summed E-state index contributed by atoms with van der Waals surface area (Å²) in [6, 6.07) is 13.0. The molecule has 62 heavy (non-hydrogen) atoms. The van der Waals surface area contributed by atoms with Gasteiger partial charge in [0, 0.05) is 81.5 Å². The number of primary amides is 1. The Labute approximate surface area is 363 Å². The van der Waals surface area contributed by atoms with Gasteiger partial charge in [0.05, 0.1) is 11.0 Å². The number of para-hydroxylation sites is 1. The van der Waals surface area contributed by atoms with Crippen LogP contribution in [0.3, 0.4) is 0 Å². The van der Waals surface area contributed by atoms with E-state index in [1.54, 1.807) is 27.3 Å². The number of likely N-dealkylation sites (tertiary alicyclic amines) is 2. The number of hydrogen-bond donors (Lipinski definition) is 4. The molecule has 0 atom stereocenters. The van der Waals surface area contributed by atoms with Crippen molar-refractivity contribution >= 4 is 33.6 Å². The van der Waals surface area contributed by atoms with Crippen molar-refractivity contribution < 1.29 is 29.3 Å². The highest BCUT2D eigenvalue weighted by Gasteiger charge is 2.33. The number of piperidine rings is 2. The molecule has 0 bridgehead atoms. The van der Waals surface area contributed by atoms with Crippen molar-refractivity contribution in [1.29, 1.82) is 0 Å². The van der Waals surface area contributed by atoms with Crippen LogP contribution in [0.5, 0.6) is 11.5 Å². The van der Waals surface area contributed by atoms with E-state index in [0.717, 1.165) is 147 Å². The van der Waals surface area contributed by atoms with Crippen molar-refractivity contribution in [3.8, 4) is 11.5 Å². The van der Waals surface area contributed by atoms with Crippen LogP contribution in [-0.4, -0.2) is 113 Å². The summed E-state index contributed by atoms with van der Waals surface area (Å²) in [5, 5.41) is 25.9. The lowest BCUT2D eigenvalue weighted by atomic mass is 9.85. The molecule has 0 radical (unpaired) electrons. The number of rotatable bonds is 10. The Morgan fingerprint density at radius 2 is 1.27 bits per heavy atom. The molecule has 5 aliphatic rings. The van der Waals surface area contributed by atoms with Gasteiger partial charge in [-0.05, 0) is 133 Å². The van der Waals surface area contributed by atoms with Crippen LogP contribution in [0, 0.1) is 11.8 Å². The molecule has 0 spiro atoms. The quantitative estimate of drug-likeness (QED) is 0.156. The highest BCUT2D eigenvalue weighted by molar-refractivity contribution is 6.03. The maximum atomic E-state index is 13.1. The molecule has 5 fully saturated rings. The van der Waals surface area contributed by atoms with Crippen LogP contribution in [0.25, 0.3) is 21.8 Å². The van der Waals surface area contributed by atoms with Crippen molar-refractivity contribution in [3.63, 3.8) is 0 Å². The van der Waals surface area contributed by atoms with Gasteiger partial charge in [0.15, 0.2) is 0 Å². The molecule has 5 N–H and O–H groups in total. The minimum atomic E-state index is -0.861. The standard InChI is InChI=1S/C24H31N3O4.C24H33N3O4/c25-23(29)21-22(28)20-18(2-1-3-19(20)27(24(21)30)17-4-5-17)16-6-10-26(11-7-16)14-15-8-12-31-13-9-15;1-16(2)27-20-6-4-3-5-19(20)22(28)21(24(27)30)23(29)25-18-7-11-26(12-8-18)15-17-9-13-31-14-10-17/h1-3,15-17,28H,4-14H2,(H2,25,29);3-6,16-18,28H,7-15H2,1-2H3,(H,25,29). The molecule has 1 saturated carbocycles. The molecule has 4 aliphatic heterocycles. The second kappa shape index (κ2) is 19.3. The minimum absolute atomic E-state index is 0.0104. The van der Waals surface area contributed by atoms with E-state index in [-0.39, 0.29) is 46.7 Å². The normalized spacial score (nSPS) is 20.4. The van der Waals surface area contributed by atoms with E-state index in [2.05, 4.69) is 15.1 Å². The summed E-state index contributed by atoms with van der Waals surface area (Å²) >= 11 is 0. The Hall–Kier alpha value is -4.76. The molecule has 1 aliphatic carbocycles. The molecule has 6 heterocycles. The molecule has 2 aromatic carbocycles. The molecule has 2 amide bonds. The van der Waals surface area contributed by atoms with Crippen LogP contribution in [-0.2, 0) is 9.47 Å². The van der Waals surface area contributed by atoms with Gasteiger partial charge in [-0.3, -0.25) is 19.2 Å². The fraction of sp³-hybridized carbons (Fsp3) is 0.583. The summed E-state index contributed by atoms with van der Waals surface area (Å²) in [5.74, 6) is -0.115. The second-order valence-electron chi connectivity index (χ2n) is 18.5. The van der Waals surface area contributed by atoms with E-state index < -0.39 is 22.9 Å². The lowest BCUT2D eigenvalue weighted by Gasteiger charge is -2.36. The van der Waals surface area contributed by atoms with Crippen molar-refractivity contribution in [1.82, 2.24) is 24.3 Å². The number of nitrogens with two attached hydrogens (primary N) is 1. The lowest BCUT2D eigenvalue weighted by Crippen LogP contribution is -2.47. The van der Waals surface area contributed by atoms with Gasteiger partial charge in [-0.15, -0.1) is 0 Å². The van der Waals surface area contributed by atoms with E-state index in [1.807, 2.05) is 38.1 Å². The number of nitrogens with zero attached hydrogens (tertiary/aromatic N) is 4. The zero-order valence-electron chi connectivity index (χ0n) is 36.4. The molecule has 4 saturated heterocycles. The van der Waals surface area contributed by atoms with Gasteiger partial charge < -0.3 is 49.7 Å². The van der Waals surface area contributed by atoms with Crippen LogP contribution < -0.4 is 22.2 Å². The van der Waals surface area contributed by atoms with Crippen molar-refractivity contribution in [3.05, 3.63) is 79.9 Å². The molecule has 4 aromatic rings. The summed E-state index contributed by atoms with van der Waals surface area (Å²) in [4.78, 5) is 56.2. The number of carbonyl (C=O) groups is 2. The highest BCUT2D eigenvalue weighted by atomic mass is 16.5. The number of hydrogen-bond acceptors (Lipinski definition) is 10. The zero-order valence-corrected chi connectivity index (χ0v) is 36.4. The number of aromatic hydroxyl groups is 2. The summed E-state index contributed by atoms with van der Waals surface area (Å²) in [5.41, 5.74) is 6.54. The maximum absolute atomic E-state index is 13.1. The smallest absolute Gasteiger partial charge is 0.267 e. The fourth-order valence-electron chi connectivity index (χ4n) is 10.3. The van der Waals surface area contributed by atoms with Gasteiger partial charge in [0.25, 0.3) is 22.9 Å². The third-order valence-electron chi connectivity index (χ3n) is 13.9. The van der Waals surface area contributed by atoms with Crippen LogP contribution in [0.1, 0.15) is 122 Å². The maximum Gasteiger partial charge on any atom is 0.267 e. The first-order valence-electron chi connectivity index (χ1n) is 23.0. The van der Waals surface area contributed by atoms with Gasteiger partial charge >= 0.3 is 0 Å². The number of carbonyl (C=O) groups excluding carboxylic acids is 2. The van der Waals surface area contributed by atoms with E-state index in [1.165, 1.54) is 0 Å². The van der Waals surface area contributed by atoms with E-state index >= 15 is 0 Å². The highest BCUT2D eigenvalue weighted by Crippen LogP contribution is 2.42. The first-order chi connectivity index (χ1) is 30.0. The summed E-state index contributed by atoms with van der Waals surface area (Å²) < 4.78 is 14.2. The van der Waals surface area contributed by atoms with Crippen LogP contribution in [0.4, 0.5) is 0 Å². The first kappa shape index (κ1) is 43.9. The fourth-order valence-corrected chi connectivity index (χ4v) is 10.3. The van der Waals surface area contributed by atoms with E-state index in [0.29, 0.717) is 22.2 Å². The number of benzene rings is 2. The number of ether oxygens (including phenoxy) is 2. The van der Waals surface area contributed by atoms with Crippen LogP contribution in [0.15, 0.2) is 52.1 Å². The third-order valence-corrected chi connectivity index (χ3v) is 13.9. The van der Waals surface area contributed by atoms with Crippen molar-refractivity contribution in [2.24, 2.45) is 17.6 Å². The number of amides is 2. The predicted molar refractivity (Wildman–Crippen MR) is 239 cm³/mol. The largest absolute Gasteiger partial charge is 0.506 e. The van der Waals surface area contributed by atoms with Gasteiger partial charge in [-0.2, -0.15) is 0 Å². The van der Waals surface area contributed by atoms with Gasteiger partial charge in [0.2, 0.25) is 0 Å². The Bertz CT molecular complexity index is 2350. The van der Waals surface area contributed by atoms with Crippen LogP contribution >= 0.6 is 0 Å².